The van der Waals surface area contributed by atoms with Crippen molar-refractivity contribution in [1.82, 2.24) is 0 Å². The molecule has 0 saturated carbocycles. The molecule has 2 nitrogen and oxygen atoms in total. The van der Waals surface area contributed by atoms with Gasteiger partial charge in [0.25, 0.3) is 0 Å². The van der Waals surface area contributed by atoms with Gasteiger partial charge in [0.1, 0.15) is 0 Å². The van der Waals surface area contributed by atoms with Crippen molar-refractivity contribution in [2.75, 3.05) is 6.61 Å². The average molecular weight is 232 g/mol. The number of esters is 1. The topological polar surface area (TPSA) is 26.3 Å². The molecule has 1 heterocycles. The Morgan fingerprint density at radius 1 is 1.50 bits per heavy atom. The third kappa shape index (κ3) is 2.68. The first-order valence-corrected chi connectivity index (χ1v) is 4.91. The molecule has 1 saturated heterocycles. The largest absolute Gasteiger partial charge is 0.463 e. The molecule has 1 aliphatic heterocycles. The van der Waals surface area contributed by atoms with E-state index in [1.54, 1.807) is 0 Å². The van der Waals surface area contributed by atoms with Gasteiger partial charge >= 0.3 is 5.97 Å². The van der Waals surface area contributed by atoms with E-state index in [9.17, 15) is 4.79 Å². The van der Waals surface area contributed by atoms with E-state index < -0.39 is 10.3 Å². The van der Waals surface area contributed by atoms with Crippen LogP contribution in [0.4, 0.5) is 0 Å². The summed E-state index contributed by atoms with van der Waals surface area (Å²) in [5.74, 6) is -0.587. The molecular weight excluding hydrogens is 222 g/mol. The van der Waals surface area contributed by atoms with Crippen molar-refractivity contribution in [2.24, 2.45) is 0 Å². The molecule has 1 atom stereocenters. The van der Waals surface area contributed by atoms with Crippen LogP contribution in [0.5, 0.6) is 0 Å². The van der Waals surface area contributed by atoms with E-state index in [0.29, 0.717) is 6.61 Å². The highest BCUT2D eigenvalue weighted by molar-refractivity contribution is 6.57. The number of cyclic esters (lactones) is 1. The van der Waals surface area contributed by atoms with Crippen molar-refractivity contribution in [3.05, 3.63) is 0 Å². The Bertz CT molecular complexity index is 181. The van der Waals surface area contributed by atoms with Crippen LogP contribution in [0.25, 0.3) is 0 Å². The molecule has 0 radical (unpaired) electrons. The minimum Gasteiger partial charge on any atom is -0.463 e. The molecule has 1 aliphatic rings. The van der Waals surface area contributed by atoms with Crippen molar-refractivity contribution in [3.63, 3.8) is 0 Å². The van der Waals surface area contributed by atoms with Crippen LogP contribution in [0.2, 0.25) is 0 Å². The molecule has 12 heavy (non-hydrogen) atoms. The Morgan fingerprint density at radius 3 is 2.83 bits per heavy atom. The highest BCUT2D eigenvalue weighted by atomic mass is 35.5. The molecule has 0 bridgehead atoms. The lowest BCUT2D eigenvalue weighted by atomic mass is 10.1. The van der Waals surface area contributed by atoms with Crippen LogP contribution in [0.1, 0.15) is 19.3 Å². The van der Waals surface area contributed by atoms with E-state index >= 15 is 0 Å². The molecule has 1 rings (SSSR count). The van der Waals surface area contributed by atoms with Gasteiger partial charge in [0, 0.05) is 11.8 Å². The standard InChI is InChI=1S/C7H9Cl3O2/c8-5-2-1-3-12-6(11)7(9,10)4-5/h5H,1-4H2/t5-/m1/s1. The molecule has 0 aromatic rings. The Hall–Kier alpha value is 0.340. The first-order valence-electron chi connectivity index (χ1n) is 3.71. The van der Waals surface area contributed by atoms with Crippen LogP contribution < -0.4 is 0 Å². The van der Waals surface area contributed by atoms with E-state index in [4.69, 9.17) is 39.5 Å². The summed E-state index contributed by atoms with van der Waals surface area (Å²) >= 11 is 17.3. The zero-order chi connectivity index (χ0) is 9.19. The van der Waals surface area contributed by atoms with E-state index in [1.807, 2.05) is 0 Å². The summed E-state index contributed by atoms with van der Waals surface area (Å²) in [4.78, 5) is 11.1. The van der Waals surface area contributed by atoms with E-state index in [0.717, 1.165) is 12.8 Å². The average Bonchev–Trinajstić information content (AvgIpc) is 1.95. The second kappa shape index (κ2) is 4.03. The quantitative estimate of drug-likeness (QED) is 0.473. The third-order valence-electron chi connectivity index (χ3n) is 1.67. The molecule has 70 valence electrons. The fourth-order valence-corrected chi connectivity index (χ4v) is 2.06. The molecule has 0 aliphatic carbocycles. The lowest BCUT2D eigenvalue weighted by Gasteiger charge is -2.23. The second-order valence-corrected chi connectivity index (χ2v) is 4.89. The van der Waals surface area contributed by atoms with E-state index in [2.05, 4.69) is 0 Å². The van der Waals surface area contributed by atoms with Gasteiger partial charge in [-0.25, -0.2) is 4.79 Å². The molecule has 0 amide bonds. The zero-order valence-corrected chi connectivity index (χ0v) is 8.62. The van der Waals surface area contributed by atoms with Crippen LogP contribution in [-0.2, 0) is 9.53 Å². The second-order valence-electron chi connectivity index (χ2n) is 2.78. The fraction of sp³-hybridized carbons (Fsp3) is 0.857. The van der Waals surface area contributed by atoms with Crippen LogP contribution in [0.3, 0.4) is 0 Å². The lowest BCUT2D eigenvalue weighted by Crippen LogP contribution is -2.33. The van der Waals surface area contributed by atoms with Crippen LogP contribution in [-0.4, -0.2) is 22.3 Å². The molecule has 0 aromatic carbocycles. The van der Waals surface area contributed by atoms with Gasteiger partial charge in [-0.15, -0.1) is 11.6 Å². The number of carbonyl (C=O) groups is 1. The maximum atomic E-state index is 11.1. The maximum absolute atomic E-state index is 11.1. The normalized spacial score (nSPS) is 30.2. The molecule has 0 unspecified atom stereocenters. The minimum atomic E-state index is -1.47. The smallest absolute Gasteiger partial charge is 0.342 e. The Balaban J connectivity index is 2.63. The number of hydrogen-bond acceptors (Lipinski definition) is 2. The molecule has 0 spiro atoms. The maximum Gasteiger partial charge on any atom is 0.342 e. The summed E-state index contributed by atoms with van der Waals surface area (Å²) in [6.07, 6.45) is 1.79. The molecule has 1 fully saturated rings. The predicted molar refractivity (Wildman–Crippen MR) is 48.9 cm³/mol. The first-order chi connectivity index (χ1) is 5.52. The minimum absolute atomic E-state index is 0.146. The van der Waals surface area contributed by atoms with Crippen molar-refractivity contribution >= 4 is 40.8 Å². The summed E-state index contributed by atoms with van der Waals surface area (Å²) in [5, 5.41) is -0.146. The van der Waals surface area contributed by atoms with Crippen molar-refractivity contribution < 1.29 is 9.53 Å². The van der Waals surface area contributed by atoms with Gasteiger partial charge in [0.05, 0.1) is 6.61 Å². The zero-order valence-electron chi connectivity index (χ0n) is 6.36. The number of rotatable bonds is 0. The third-order valence-corrected chi connectivity index (χ3v) is 2.66. The van der Waals surface area contributed by atoms with Gasteiger partial charge < -0.3 is 4.74 Å². The predicted octanol–water partition coefficient (Wildman–Crippen LogP) is 2.49. The lowest BCUT2D eigenvalue weighted by molar-refractivity contribution is -0.145. The summed E-state index contributed by atoms with van der Waals surface area (Å²) < 4.78 is 3.32. The van der Waals surface area contributed by atoms with E-state index in [-0.39, 0.29) is 11.8 Å². The van der Waals surface area contributed by atoms with Gasteiger partial charge in [-0.3, -0.25) is 0 Å². The van der Waals surface area contributed by atoms with Crippen LogP contribution in [0.15, 0.2) is 0 Å². The molecular formula is C7H9Cl3O2. The summed E-state index contributed by atoms with van der Waals surface area (Å²) in [7, 11) is 0. The summed E-state index contributed by atoms with van der Waals surface area (Å²) in [5.41, 5.74) is 0. The van der Waals surface area contributed by atoms with Crippen LogP contribution >= 0.6 is 34.8 Å². The molecule has 0 aromatic heterocycles. The number of carbonyl (C=O) groups excluding carboxylic acids is 1. The molecule has 5 heteroatoms. The van der Waals surface area contributed by atoms with Gasteiger partial charge in [0.15, 0.2) is 0 Å². The number of alkyl halides is 3. The van der Waals surface area contributed by atoms with Gasteiger partial charge in [-0.1, -0.05) is 23.2 Å². The molecule has 0 N–H and O–H groups in total. The monoisotopic (exact) mass is 230 g/mol. The van der Waals surface area contributed by atoms with Crippen molar-refractivity contribution in [1.29, 1.82) is 0 Å². The number of ether oxygens (including phenoxy) is 1. The highest BCUT2D eigenvalue weighted by Gasteiger charge is 2.38. The first kappa shape index (κ1) is 10.4. The Labute approximate surface area is 86.1 Å². The number of halogens is 3. The highest BCUT2D eigenvalue weighted by Crippen LogP contribution is 2.33. The van der Waals surface area contributed by atoms with Crippen molar-refractivity contribution in [2.45, 2.75) is 29.0 Å². The van der Waals surface area contributed by atoms with Crippen LogP contribution in [0, 0.1) is 0 Å². The number of hydrogen-bond donors (Lipinski definition) is 0. The fourth-order valence-electron chi connectivity index (χ4n) is 1.04. The summed E-state index contributed by atoms with van der Waals surface area (Å²) in [6.45, 7) is 0.350. The van der Waals surface area contributed by atoms with Gasteiger partial charge in [0.2, 0.25) is 4.33 Å². The Kier molecular flexibility index (Phi) is 3.50. The van der Waals surface area contributed by atoms with Crippen molar-refractivity contribution in [3.8, 4) is 0 Å². The van der Waals surface area contributed by atoms with E-state index in [1.165, 1.54) is 0 Å². The van der Waals surface area contributed by atoms with Gasteiger partial charge in [-0.2, -0.15) is 0 Å². The Morgan fingerprint density at radius 2 is 2.17 bits per heavy atom. The SMILES string of the molecule is O=C1OCCC[C@@H](Cl)CC1(Cl)Cl. The summed E-state index contributed by atoms with van der Waals surface area (Å²) in [6, 6.07) is 0. The van der Waals surface area contributed by atoms with Gasteiger partial charge in [-0.05, 0) is 12.8 Å².